The molecule has 0 aliphatic heterocycles. The van der Waals surface area contributed by atoms with Crippen LogP contribution in [0.15, 0.2) is 12.4 Å². The van der Waals surface area contributed by atoms with Gasteiger partial charge in [-0.15, -0.1) is 0 Å². The molecule has 1 saturated carbocycles. The number of carboxylic acid groups (broad SMARTS) is 1. The number of ether oxygens (including phenoxy) is 1. The van der Waals surface area contributed by atoms with Gasteiger partial charge in [0.25, 0.3) is 5.91 Å². The second-order valence-corrected chi connectivity index (χ2v) is 5.58. The Kier molecular flexibility index (Phi) is 5.43. The fraction of sp³-hybridized carbons (Fsp3) is 0.600. The molecule has 1 aromatic rings. The Morgan fingerprint density at radius 2 is 2.00 bits per heavy atom. The third kappa shape index (κ3) is 4.00. The number of rotatable bonds is 8. The lowest BCUT2D eigenvalue weighted by atomic mass is 9.67. The van der Waals surface area contributed by atoms with Crippen molar-refractivity contribution in [3.05, 3.63) is 23.8 Å². The maximum absolute atomic E-state index is 12.1. The van der Waals surface area contributed by atoms with Crippen LogP contribution in [-0.2, 0) is 4.74 Å². The minimum absolute atomic E-state index is 0.124. The Morgan fingerprint density at radius 1 is 1.32 bits per heavy atom. The first-order valence-electron chi connectivity index (χ1n) is 7.48. The maximum Gasteiger partial charge on any atom is 0.356 e. The van der Waals surface area contributed by atoms with Crippen LogP contribution < -0.4 is 5.32 Å². The van der Waals surface area contributed by atoms with Crippen LogP contribution in [0.3, 0.4) is 0 Å². The number of hydrogen-bond donors (Lipinski definition) is 2. The van der Waals surface area contributed by atoms with Crippen LogP contribution >= 0.6 is 0 Å². The normalized spacial score (nSPS) is 15.9. The first kappa shape index (κ1) is 16.4. The monoisotopic (exact) mass is 307 g/mol. The van der Waals surface area contributed by atoms with Crippen molar-refractivity contribution in [1.82, 2.24) is 15.3 Å². The number of carbonyl (C=O) groups is 2. The van der Waals surface area contributed by atoms with Gasteiger partial charge in [-0.05, 0) is 31.6 Å². The Morgan fingerprint density at radius 3 is 2.50 bits per heavy atom. The van der Waals surface area contributed by atoms with E-state index in [2.05, 4.69) is 15.3 Å². The van der Waals surface area contributed by atoms with Gasteiger partial charge in [-0.1, -0.05) is 6.42 Å². The zero-order valence-electron chi connectivity index (χ0n) is 12.7. The molecule has 2 N–H and O–H groups in total. The minimum atomic E-state index is -1.16. The molecule has 0 unspecified atom stereocenters. The molecule has 0 radical (unpaired) electrons. The Balaban J connectivity index is 1.87. The van der Waals surface area contributed by atoms with E-state index in [1.54, 1.807) is 0 Å². The fourth-order valence-corrected chi connectivity index (χ4v) is 2.54. The predicted octanol–water partition coefficient (Wildman–Crippen LogP) is 1.50. The first-order valence-corrected chi connectivity index (χ1v) is 7.48. The predicted molar refractivity (Wildman–Crippen MR) is 78.7 cm³/mol. The van der Waals surface area contributed by atoms with E-state index in [0.717, 1.165) is 25.5 Å². The summed E-state index contributed by atoms with van der Waals surface area (Å²) < 4.78 is 5.40. The van der Waals surface area contributed by atoms with Crippen molar-refractivity contribution in [2.45, 2.75) is 32.6 Å². The molecule has 1 fully saturated rings. The summed E-state index contributed by atoms with van der Waals surface area (Å²) in [7, 11) is 0. The average molecular weight is 307 g/mol. The third-order valence-corrected chi connectivity index (χ3v) is 4.12. The van der Waals surface area contributed by atoms with Crippen molar-refractivity contribution in [2.24, 2.45) is 5.41 Å². The molecule has 1 heterocycles. The summed E-state index contributed by atoms with van der Waals surface area (Å²) in [4.78, 5) is 30.3. The van der Waals surface area contributed by atoms with Gasteiger partial charge in [0.05, 0.1) is 12.4 Å². The average Bonchev–Trinajstić information content (AvgIpc) is 2.49. The van der Waals surface area contributed by atoms with Crippen LogP contribution in [0.4, 0.5) is 0 Å². The van der Waals surface area contributed by atoms with E-state index in [4.69, 9.17) is 9.84 Å². The zero-order chi connectivity index (χ0) is 16.0. The lowest BCUT2D eigenvalue weighted by Gasteiger charge is -2.42. The molecule has 7 heteroatoms. The van der Waals surface area contributed by atoms with E-state index in [-0.39, 0.29) is 22.7 Å². The molecule has 7 nitrogen and oxygen atoms in total. The van der Waals surface area contributed by atoms with E-state index in [1.807, 2.05) is 6.92 Å². The maximum atomic E-state index is 12.1. The molecule has 1 amide bonds. The molecule has 2 rings (SSSR count). The lowest BCUT2D eigenvalue weighted by molar-refractivity contribution is 0.0512. The van der Waals surface area contributed by atoms with Crippen molar-refractivity contribution in [3.8, 4) is 0 Å². The smallest absolute Gasteiger partial charge is 0.356 e. The third-order valence-electron chi connectivity index (χ3n) is 4.12. The zero-order valence-corrected chi connectivity index (χ0v) is 12.7. The fourth-order valence-electron chi connectivity index (χ4n) is 2.54. The van der Waals surface area contributed by atoms with Crippen molar-refractivity contribution < 1.29 is 19.4 Å². The van der Waals surface area contributed by atoms with Gasteiger partial charge in [-0.2, -0.15) is 0 Å². The highest BCUT2D eigenvalue weighted by Crippen LogP contribution is 2.43. The van der Waals surface area contributed by atoms with E-state index in [0.29, 0.717) is 19.8 Å². The van der Waals surface area contributed by atoms with Crippen LogP contribution in [0, 0.1) is 5.41 Å². The Labute approximate surface area is 129 Å². The first-order chi connectivity index (χ1) is 10.6. The molecule has 120 valence electrons. The number of aromatic nitrogens is 2. The van der Waals surface area contributed by atoms with Crippen LogP contribution in [0.1, 0.15) is 53.6 Å². The summed E-state index contributed by atoms with van der Waals surface area (Å²) in [6, 6.07) is 0. The summed E-state index contributed by atoms with van der Waals surface area (Å²) >= 11 is 0. The van der Waals surface area contributed by atoms with E-state index in [9.17, 15) is 9.59 Å². The number of nitrogens with zero attached hydrogens (tertiary/aromatic N) is 2. The van der Waals surface area contributed by atoms with Crippen molar-refractivity contribution in [2.75, 3.05) is 19.8 Å². The molecule has 22 heavy (non-hydrogen) atoms. The van der Waals surface area contributed by atoms with Gasteiger partial charge in [-0.25, -0.2) is 14.8 Å². The van der Waals surface area contributed by atoms with Crippen molar-refractivity contribution in [1.29, 1.82) is 0 Å². The molecule has 0 atom stereocenters. The van der Waals surface area contributed by atoms with Gasteiger partial charge in [0.2, 0.25) is 0 Å². The Bertz CT molecular complexity index is 526. The van der Waals surface area contributed by atoms with E-state index < -0.39 is 5.97 Å². The van der Waals surface area contributed by atoms with Crippen LogP contribution in [0.2, 0.25) is 0 Å². The van der Waals surface area contributed by atoms with Crippen LogP contribution in [0.5, 0.6) is 0 Å². The molecule has 0 spiro atoms. The number of nitrogens with one attached hydrogen (secondary N) is 1. The van der Waals surface area contributed by atoms with E-state index >= 15 is 0 Å². The second kappa shape index (κ2) is 7.31. The lowest BCUT2D eigenvalue weighted by Crippen LogP contribution is -2.43. The minimum Gasteiger partial charge on any atom is -0.476 e. The topological polar surface area (TPSA) is 101 Å². The second-order valence-electron chi connectivity index (χ2n) is 5.58. The van der Waals surface area contributed by atoms with Gasteiger partial charge in [0.15, 0.2) is 5.69 Å². The largest absolute Gasteiger partial charge is 0.476 e. The highest BCUT2D eigenvalue weighted by Gasteiger charge is 2.36. The number of hydrogen-bond acceptors (Lipinski definition) is 5. The highest BCUT2D eigenvalue weighted by molar-refractivity contribution is 5.92. The van der Waals surface area contributed by atoms with Gasteiger partial charge in [-0.3, -0.25) is 4.79 Å². The van der Waals surface area contributed by atoms with Gasteiger partial charge < -0.3 is 15.2 Å². The van der Waals surface area contributed by atoms with Crippen LogP contribution in [-0.4, -0.2) is 46.7 Å². The van der Waals surface area contributed by atoms with Crippen molar-refractivity contribution >= 4 is 11.9 Å². The van der Waals surface area contributed by atoms with Crippen LogP contribution in [0.25, 0.3) is 0 Å². The molecular formula is C15H21N3O4. The number of aromatic carboxylic acids is 1. The highest BCUT2D eigenvalue weighted by atomic mass is 16.5. The van der Waals surface area contributed by atoms with Gasteiger partial charge >= 0.3 is 5.97 Å². The van der Waals surface area contributed by atoms with Gasteiger partial charge in [0.1, 0.15) is 5.69 Å². The SMILES string of the molecule is CCOCCC1(CNC(=O)c2cnc(C(=O)O)cn2)CCC1. The molecule has 1 aliphatic carbocycles. The summed E-state index contributed by atoms with van der Waals surface area (Å²) in [5, 5.41) is 11.6. The molecule has 0 aromatic carbocycles. The van der Waals surface area contributed by atoms with Crippen molar-refractivity contribution in [3.63, 3.8) is 0 Å². The number of carboxylic acids is 1. The summed E-state index contributed by atoms with van der Waals surface area (Å²) in [5.74, 6) is -1.49. The van der Waals surface area contributed by atoms with E-state index in [1.165, 1.54) is 12.6 Å². The number of amides is 1. The molecule has 1 aliphatic rings. The molecule has 0 bridgehead atoms. The quantitative estimate of drug-likeness (QED) is 0.706. The van der Waals surface area contributed by atoms with Gasteiger partial charge in [0, 0.05) is 19.8 Å². The Hall–Kier alpha value is -2.02. The molecular weight excluding hydrogens is 286 g/mol. The summed E-state index contributed by atoms with van der Waals surface area (Å²) in [6.07, 6.45) is 6.56. The standard InChI is InChI=1S/C15H21N3O4/c1-2-22-7-6-15(4-3-5-15)10-18-13(19)11-8-17-12(9-16-11)14(20)21/h8-9H,2-7,10H2,1H3,(H,18,19)(H,20,21). The summed E-state index contributed by atoms with van der Waals surface area (Å²) in [5.41, 5.74) is 0.0761. The molecule has 0 saturated heterocycles. The number of carbonyl (C=O) groups excluding carboxylic acids is 1. The molecule has 1 aromatic heterocycles. The summed E-state index contributed by atoms with van der Waals surface area (Å²) in [6.45, 7) is 3.96.